The second-order valence-corrected chi connectivity index (χ2v) is 10.1. The van der Waals surface area contributed by atoms with Gasteiger partial charge in [-0.3, -0.25) is 14.4 Å². The maximum absolute atomic E-state index is 13.1. The van der Waals surface area contributed by atoms with Crippen LogP contribution < -0.4 is 16.4 Å². The SMILES string of the molecule is Cl.NCCCC[C@H](NC(=O)OCc1ccccc1)C(=O)NC(CC(=O)O)C(=O)Cn1nnc(Cc2c(Cl)cccc2Cl)n1. The highest BCUT2D eigenvalue weighted by Crippen LogP contribution is 2.25. The lowest BCUT2D eigenvalue weighted by molar-refractivity contribution is -0.140. The average molecular weight is 657 g/mol. The second kappa shape index (κ2) is 18.0. The van der Waals surface area contributed by atoms with Crippen LogP contribution in [-0.4, -0.2) is 67.7 Å². The highest BCUT2D eigenvalue weighted by atomic mass is 35.5. The molecule has 0 saturated heterocycles. The van der Waals surface area contributed by atoms with Gasteiger partial charge in [-0.15, -0.1) is 22.6 Å². The van der Waals surface area contributed by atoms with Crippen molar-refractivity contribution in [2.75, 3.05) is 6.54 Å². The number of carbonyl (C=O) groups excluding carboxylic acids is 3. The van der Waals surface area contributed by atoms with Crippen LogP contribution in [0.5, 0.6) is 0 Å². The number of alkyl carbamates (subject to hydrolysis) is 1. The third kappa shape index (κ3) is 11.8. The molecule has 0 radical (unpaired) electrons. The molecule has 0 fully saturated rings. The van der Waals surface area contributed by atoms with E-state index in [4.69, 9.17) is 33.7 Å². The summed E-state index contributed by atoms with van der Waals surface area (Å²) < 4.78 is 5.21. The number of unbranched alkanes of at least 4 members (excludes halogenated alkanes) is 1. The van der Waals surface area contributed by atoms with Crippen LogP contribution in [0.4, 0.5) is 4.79 Å². The molecule has 0 aliphatic rings. The summed E-state index contributed by atoms with van der Waals surface area (Å²) in [6.45, 7) is -0.103. The Kier molecular flexibility index (Phi) is 14.8. The van der Waals surface area contributed by atoms with E-state index in [2.05, 4.69) is 26.0 Å². The molecule has 43 heavy (non-hydrogen) atoms. The van der Waals surface area contributed by atoms with E-state index in [1.807, 2.05) is 6.07 Å². The van der Waals surface area contributed by atoms with E-state index in [9.17, 15) is 24.3 Å². The summed E-state index contributed by atoms with van der Waals surface area (Å²) >= 11 is 12.4. The molecule has 1 unspecified atom stereocenters. The van der Waals surface area contributed by atoms with Gasteiger partial charge in [-0.1, -0.05) is 59.6 Å². The number of rotatable bonds is 16. The van der Waals surface area contributed by atoms with Crippen molar-refractivity contribution in [2.45, 2.75) is 57.3 Å². The number of aliphatic carboxylic acids is 1. The van der Waals surface area contributed by atoms with Crippen molar-refractivity contribution in [2.24, 2.45) is 5.73 Å². The van der Waals surface area contributed by atoms with Crippen LogP contribution in [0, 0.1) is 0 Å². The standard InChI is InChI=1S/C27H31Cl2N7O6.ClH/c28-19-9-6-10-20(29)18(19)13-24-33-35-36(34-24)15-23(37)22(14-25(38)39)31-26(40)21(11-4-5-12-30)32-27(41)42-16-17-7-2-1-3-8-17;/h1-3,6-10,21-22H,4-5,11-16,30H2,(H,31,40)(H,32,41)(H,38,39);1H/t21-,22?;/m0./s1. The number of amides is 2. The molecule has 13 nitrogen and oxygen atoms in total. The van der Waals surface area contributed by atoms with Gasteiger partial charge >= 0.3 is 12.1 Å². The summed E-state index contributed by atoms with van der Waals surface area (Å²) in [6.07, 6.45) is -0.122. The minimum atomic E-state index is -1.43. The molecule has 2 atom stereocenters. The number of benzene rings is 2. The van der Waals surface area contributed by atoms with Crippen molar-refractivity contribution in [3.05, 3.63) is 75.5 Å². The van der Waals surface area contributed by atoms with Gasteiger partial charge in [-0.2, -0.15) is 4.80 Å². The quantitative estimate of drug-likeness (QED) is 0.167. The highest BCUT2D eigenvalue weighted by molar-refractivity contribution is 6.36. The molecule has 3 rings (SSSR count). The molecule has 2 amide bonds. The summed E-state index contributed by atoms with van der Waals surface area (Å²) in [5.41, 5.74) is 6.89. The van der Waals surface area contributed by atoms with Crippen LogP contribution in [0.2, 0.25) is 10.0 Å². The Morgan fingerprint density at radius 3 is 2.33 bits per heavy atom. The molecule has 232 valence electrons. The van der Waals surface area contributed by atoms with E-state index in [0.29, 0.717) is 35.0 Å². The number of ether oxygens (including phenoxy) is 1. The largest absolute Gasteiger partial charge is 0.481 e. The smallest absolute Gasteiger partial charge is 0.408 e. The van der Waals surface area contributed by atoms with Crippen molar-refractivity contribution >= 4 is 59.4 Å². The summed E-state index contributed by atoms with van der Waals surface area (Å²) in [5.74, 6) is -2.51. The van der Waals surface area contributed by atoms with Gasteiger partial charge in [0.2, 0.25) is 5.91 Å². The average Bonchev–Trinajstić information content (AvgIpc) is 3.40. The van der Waals surface area contributed by atoms with E-state index in [1.165, 1.54) is 0 Å². The van der Waals surface area contributed by atoms with Crippen molar-refractivity contribution < 1.29 is 29.0 Å². The van der Waals surface area contributed by atoms with E-state index in [-0.39, 0.29) is 37.7 Å². The van der Waals surface area contributed by atoms with Crippen molar-refractivity contribution in [1.29, 1.82) is 0 Å². The fraction of sp³-hybridized carbons (Fsp3) is 0.370. The third-order valence-electron chi connectivity index (χ3n) is 6.04. The van der Waals surface area contributed by atoms with Crippen LogP contribution in [0.1, 0.15) is 42.6 Å². The fourth-order valence-corrected chi connectivity index (χ4v) is 4.42. The molecule has 0 aliphatic carbocycles. The molecule has 16 heteroatoms. The Hall–Kier alpha value is -3.78. The van der Waals surface area contributed by atoms with Crippen molar-refractivity contribution in [1.82, 2.24) is 30.8 Å². The molecule has 0 spiro atoms. The van der Waals surface area contributed by atoms with Gasteiger partial charge in [0.05, 0.1) is 6.42 Å². The lowest BCUT2D eigenvalue weighted by Crippen LogP contribution is -2.52. The lowest BCUT2D eigenvalue weighted by atomic mass is 10.1. The van der Waals surface area contributed by atoms with Crippen LogP contribution in [0.15, 0.2) is 48.5 Å². The number of nitrogens with zero attached hydrogens (tertiary/aromatic N) is 4. The van der Waals surface area contributed by atoms with Crippen molar-refractivity contribution in [3.63, 3.8) is 0 Å². The molecule has 3 aromatic rings. The maximum Gasteiger partial charge on any atom is 0.408 e. The number of Topliss-reactive ketones (excluding diaryl/α,β-unsaturated/α-hetero) is 1. The number of carboxylic acids is 1. The topological polar surface area (TPSA) is 191 Å². The van der Waals surface area contributed by atoms with Gasteiger partial charge in [-0.25, -0.2) is 4.79 Å². The number of carboxylic acid groups (broad SMARTS) is 1. The normalized spacial score (nSPS) is 12.0. The summed E-state index contributed by atoms with van der Waals surface area (Å²) in [6, 6.07) is 11.5. The van der Waals surface area contributed by atoms with Gasteiger partial charge < -0.3 is 26.2 Å². The van der Waals surface area contributed by atoms with Crippen LogP contribution in [0.25, 0.3) is 0 Å². The number of hydrogen-bond donors (Lipinski definition) is 4. The van der Waals surface area contributed by atoms with Gasteiger partial charge in [-0.05, 0) is 54.3 Å². The number of ketones is 1. The number of hydrogen-bond acceptors (Lipinski definition) is 9. The Bertz CT molecular complexity index is 1360. The van der Waals surface area contributed by atoms with Gasteiger partial charge in [0.1, 0.15) is 25.2 Å². The fourth-order valence-electron chi connectivity index (χ4n) is 3.88. The van der Waals surface area contributed by atoms with E-state index in [0.717, 1.165) is 10.4 Å². The molecule has 0 saturated carbocycles. The molecule has 1 heterocycles. The van der Waals surface area contributed by atoms with Crippen LogP contribution in [-0.2, 0) is 38.7 Å². The molecule has 0 bridgehead atoms. The number of tetrazole rings is 1. The number of carbonyl (C=O) groups is 4. The number of aromatic nitrogens is 4. The lowest BCUT2D eigenvalue weighted by Gasteiger charge is -2.22. The van der Waals surface area contributed by atoms with Gasteiger partial charge in [0.15, 0.2) is 11.6 Å². The van der Waals surface area contributed by atoms with Crippen molar-refractivity contribution in [3.8, 4) is 0 Å². The zero-order valence-corrected chi connectivity index (χ0v) is 25.3. The first-order chi connectivity index (χ1) is 20.2. The predicted molar refractivity (Wildman–Crippen MR) is 160 cm³/mol. The monoisotopic (exact) mass is 655 g/mol. The first-order valence-corrected chi connectivity index (χ1v) is 13.8. The third-order valence-corrected chi connectivity index (χ3v) is 6.75. The molecule has 2 aromatic carbocycles. The molecule has 5 N–H and O–H groups in total. The summed E-state index contributed by atoms with van der Waals surface area (Å²) in [4.78, 5) is 51.1. The maximum atomic E-state index is 13.1. The Balaban J connectivity index is 0.00000645. The first-order valence-electron chi connectivity index (χ1n) is 13.1. The Morgan fingerprint density at radius 1 is 0.977 bits per heavy atom. The number of halogens is 3. The second-order valence-electron chi connectivity index (χ2n) is 9.28. The zero-order valence-electron chi connectivity index (χ0n) is 22.9. The van der Waals surface area contributed by atoms with E-state index >= 15 is 0 Å². The van der Waals surface area contributed by atoms with Gasteiger partial charge in [0, 0.05) is 16.5 Å². The highest BCUT2D eigenvalue weighted by Gasteiger charge is 2.29. The predicted octanol–water partition coefficient (Wildman–Crippen LogP) is 2.95. The Morgan fingerprint density at radius 2 is 1.67 bits per heavy atom. The molecular weight excluding hydrogens is 625 g/mol. The molecular formula is C27H32Cl3N7O6. The molecule has 0 aliphatic heterocycles. The number of nitrogens with one attached hydrogen (secondary N) is 2. The first kappa shape index (κ1) is 35.4. The summed E-state index contributed by atoms with van der Waals surface area (Å²) in [7, 11) is 0. The van der Waals surface area contributed by atoms with Crippen LogP contribution >= 0.6 is 35.6 Å². The van der Waals surface area contributed by atoms with Crippen LogP contribution in [0.3, 0.4) is 0 Å². The molecule has 1 aromatic heterocycles. The van der Waals surface area contributed by atoms with E-state index < -0.39 is 48.8 Å². The minimum Gasteiger partial charge on any atom is -0.481 e. The minimum absolute atomic E-state index is 0. The number of nitrogens with two attached hydrogens (primary N) is 1. The van der Waals surface area contributed by atoms with Gasteiger partial charge in [0.25, 0.3) is 0 Å². The Labute approximate surface area is 263 Å². The zero-order chi connectivity index (χ0) is 30.5. The van der Waals surface area contributed by atoms with E-state index in [1.54, 1.807) is 42.5 Å². The summed E-state index contributed by atoms with van der Waals surface area (Å²) in [5, 5.41) is 27.1.